The Labute approximate surface area is 138 Å². The number of nitrogens with zero attached hydrogens (tertiary/aromatic N) is 1. The van der Waals surface area contributed by atoms with Crippen LogP contribution in [0.4, 0.5) is 5.69 Å². The molecule has 1 heterocycles. The predicted molar refractivity (Wildman–Crippen MR) is 89.7 cm³/mol. The van der Waals surface area contributed by atoms with Crippen LogP contribution in [0.1, 0.15) is 23.1 Å². The van der Waals surface area contributed by atoms with Gasteiger partial charge in [-0.15, -0.1) is 0 Å². The van der Waals surface area contributed by atoms with Crippen molar-refractivity contribution in [1.82, 2.24) is 9.97 Å². The Morgan fingerprint density at radius 3 is 2.54 bits per heavy atom. The molecule has 3 rings (SSSR count). The van der Waals surface area contributed by atoms with Crippen molar-refractivity contribution in [2.45, 2.75) is 18.2 Å². The molecule has 124 valence electrons. The van der Waals surface area contributed by atoms with E-state index in [1.54, 1.807) is 18.2 Å². The molecule has 0 saturated heterocycles. The number of aromatic carboxylic acids is 1. The largest absolute Gasteiger partial charge is 0.478 e. The van der Waals surface area contributed by atoms with Crippen LogP contribution in [-0.2, 0) is 16.4 Å². The molecule has 7 nitrogen and oxygen atoms in total. The second kappa shape index (κ2) is 5.97. The molecule has 24 heavy (non-hydrogen) atoms. The van der Waals surface area contributed by atoms with Crippen LogP contribution in [0.2, 0.25) is 0 Å². The lowest BCUT2D eigenvalue weighted by atomic mass is 10.2. The van der Waals surface area contributed by atoms with E-state index >= 15 is 0 Å². The second-order valence-electron chi connectivity index (χ2n) is 5.20. The lowest BCUT2D eigenvalue weighted by molar-refractivity contribution is 0.0696. The average molecular weight is 345 g/mol. The number of rotatable bonds is 5. The van der Waals surface area contributed by atoms with E-state index in [-0.39, 0.29) is 10.5 Å². The zero-order chi connectivity index (χ0) is 17.3. The van der Waals surface area contributed by atoms with Crippen LogP contribution in [0, 0.1) is 0 Å². The van der Waals surface area contributed by atoms with Crippen LogP contribution in [0.25, 0.3) is 11.0 Å². The standard InChI is InChI=1S/C16H15N3O4S/c1-2-15-17-13-8-5-11(9-14(13)18-15)19-24(22,23)12-6-3-10(4-7-12)16(20)21/h3-9,19H,2H2,1H3,(H,17,18)(H,20,21). The van der Waals surface area contributed by atoms with Crippen molar-refractivity contribution in [2.24, 2.45) is 0 Å². The molecule has 0 aliphatic rings. The molecule has 0 radical (unpaired) electrons. The Morgan fingerprint density at radius 1 is 1.21 bits per heavy atom. The minimum Gasteiger partial charge on any atom is -0.478 e. The molecule has 0 aliphatic carbocycles. The topological polar surface area (TPSA) is 112 Å². The van der Waals surface area contributed by atoms with E-state index in [0.29, 0.717) is 5.69 Å². The highest BCUT2D eigenvalue weighted by atomic mass is 32.2. The van der Waals surface area contributed by atoms with Gasteiger partial charge in [0.2, 0.25) is 0 Å². The number of benzene rings is 2. The van der Waals surface area contributed by atoms with Crippen LogP contribution >= 0.6 is 0 Å². The first-order valence-corrected chi connectivity index (χ1v) is 8.72. The number of aromatic nitrogens is 2. The van der Waals surface area contributed by atoms with Gasteiger partial charge >= 0.3 is 5.97 Å². The number of anilines is 1. The van der Waals surface area contributed by atoms with Crippen molar-refractivity contribution in [3.05, 3.63) is 53.9 Å². The summed E-state index contributed by atoms with van der Waals surface area (Å²) in [7, 11) is -3.80. The van der Waals surface area contributed by atoms with Crippen molar-refractivity contribution in [2.75, 3.05) is 4.72 Å². The van der Waals surface area contributed by atoms with Crippen LogP contribution in [0.15, 0.2) is 47.4 Å². The molecule has 0 spiro atoms. The Balaban J connectivity index is 1.89. The van der Waals surface area contributed by atoms with Gasteiger partial charge in [-0.1, -0.05) is 6.92 Å². The van der Waals surface area contributed by atoms with Gasteiger partial charge in [-0.05, 0) is 42.5 Å². The van der Waals surface area contributed by atoms with Crippen LogP contribution in [0.5, 0.6) is 0 Å². The lowest BCUT2D eigenvalue weighted by Crippen LogP contribution is -2.13. The molecule has 0 amide bonds. The smallest absolute Gasteiger partial charge is 0.335 e. The summed E-state index contributed by atoms with van der Waals surface area (Å²) in [4.78, 5) is 18.3. The van der Waals surface area contributed by atoms with E-state index < -0.39 is 16.0 Å². The van der Waals surface area contributed by atoms with Gasteiger partial charge in [-0.25, -0.2) is 18.2 Å². The van der Waals surface area contributed by atoms with Crippen molar-refractivity contribution in [3.63, 3.8) is 0 Å². The summed E-state index contributed by atoms with van der Waals surface area (Å²) >= 11 is 0. The number of aryl methyl sites for hydroxylation is 1. The third-order valence-electron chi connectivity index (χ3n) is 3.53. The van der Waals surface area contributed by atoms with Gasteiger partial charge in [0.05, 0.1) is 27.2 Å². The molecule has 3 N–H and O–H groups in total. The van der Waals surface area contributed by atoms with Crippen molar-refractivity contribution >= 4 is 32.7 Å². The first kappa shape index (κ1) is 16.0. The van der Waals surface area contributed by atoms with Crippen molar-refractivity contribution < 1.29 is 18.3 Å². The number of carboxylic acid groups (broad SMARTS) is 1. The Hall–Kier alpha value is -2.87. The number of fused-ring (bicyclic) bond motifs is 1. The normalized spacial score (nSPS) is 11.5. The Bertz CT molecular complexity index is 1010. The molecule has 0 saturated carbocycles. The summed E-state index contributed by atoms with van der Waals surface area (Å²) in [5.41, 5.74) is 1.94. The maximum absolute atomic E-state index is 12.4. The van der Waals surface area contributed by atoms with Crippen molar-refractivity contribution in [1.29, 1.82) is 0 Å². The highest BCUT2D eigenvalue weighted by Crippen LogP contribution is 2.21. The van der Waals surface area contributed by atoms with Gasteiger partial charge in [-0.2, -0.15) is 0 Å². The zero-order valence-corrected chi connectivity index (χ0v) is 13.6. The van der Waals surface area contributed by atoms with Crippen molar-refractivity contribution in [3.8, 4) is 0 Å². The molecule has 0 bridgehead atoms. The van der Waals surface area contributed by atoms with Crippen LogP contribution < -0.4 is 4.72 Å². The van der Waals surface area contributed by atoms with Gasteiger partial charge in [-0.3, -0.25) is 4.72 Å². The first-order valence-electron chi connectivity index (χ1n) is 7.24. The van der Waals surface area contributed by atoms with Gasteiger partial charge in [0.25, 0.3) is 10.0 Å². The van der Waals surface area contributed by atoms with E-state index in [1.165, 1.54) is 24.3 Å². The molecule has 8 heteroatoms. The van der Waals surface area contributed by atoms with E-state index in [9.17, 15) is 13.2 Å². The fourth-order valence-electron chi connectivity index (χ4n) is 2.28. The van der Waals surface area contributed by atoms with E-state index in [2.05, 4.69) is 14.7 Å². The van der Waals surface area contributed by atoms with Gasteiger partial charge in [0.1, 0.15) is 5.82 Å². The molecule has 1 aromatic heterocycles. The number of H-pyrrole nitrogens is 1. The monoisotopic (exact) mass is 345 g/mol. The maximum atomic E-state index is 12.4. The van der Waals surface area contributed by atoms with Crippen LogP contribution in [0.3, 0.4) is 0 Å². The van der Waals surface area contributed by atoms with Gasteiger partial charge in [0, 0.05) is 6.42 Å². The zero-order valence-electron chi connectivity index (χ0n) is 12.8. The summed E-state index contributed by atoms with van der Waals surface area (Å²) in [6.45, 7) is 1.97. The van der Waals surface area contributed by atoms with Gasteiger partial charge in [0.15, 0.2) is 0 Å². The highest BCUT2D eigenvalue weighted by molar-refractivity contribution is 7.92. The number of aromatic amines is 1. The third kappa shape index (κ3) is 3.09. The number of carboxylic acids is 1. The summed E-state index contributed by atoms with van der Waals surface area (Å²) in [6.07, 6.45) is 0.756. The number of sulfonamides is 1. The second-order valence-corrected chi connectivity index (χ2v) is 6.89. The van der Waals surface area contributed by atoms with Gasteiger partial charge < -0.3 is 10.1 Å². The number of hydrogen-bond donors (Lipinski definition) is 3. The SMILES string of the molecule is CCc1nc2ccc(NS(=O)(=O)c3ccc(C(=O)O)cc3)cc2[nH]1. The summed E-state index contributed by atoms with van der Waals surface area (Å²) in [5.74, 6) is -0.280. The molecule has 3 aromatic rings. The molecule has 0 unspecified atom stereocenters. The Kier molecular flexibility index (Phi) is 3.98. The van der Waals surface area contributed by atoms with Crippen LogP contribution in [-0.4, -0.2) is 29.5 Å². The lowest BCUT2D eigenvalue weighted by Gasteiger charge is -2.08. The average Bonchev–Trinajstić information content (AvgIpc) is 2.97. The van der Waals surface area contributed by atoms with E-state index in [4.69, 9.17) is 5.11 Å². The minimum absolute atomic E-state index is 0.00791. The Morgan fingerprint density at radius 2 is 1.92 bits per heavy atom. The fourth-order valence-corrected chi connectivity index (χ4v) is 3.33. The molecular formula is C16H15N3O4S. The first-order chi connectivity index (χ1) is 11.4. The summed E-state index contributed by atoms with van der Waals surface area (Å²) in [5, 5.41) is 8.86. The van der Waals surface area contributed by atoms with E-state index in [1.807, 2.05) is 6.92 Å². The number of carbonyl (C=O) groups is 1. The maximum Gasteiger partial charge on any atom is 0.335 e. The molecule has 0 atom stereocenters. The van der Waals surface area contributed by atoms with E-state index in [0.717, 1.165) is 23.3 Å². The molecule has 2 aromatic carbocycles. The molecular weight excluding hydrogens is 330 g/mol. The fraction of sp³-hybridized carbons (Fsp3) is 0.125. The summed E-state index contributed by atoms with van der Waals surface area (Å²) in [6, 6.07) is 10.1. The highest BCUT2D eigenvalue weighted by Gasteiger charge is 2.15. The molecule has 0 fully saturated rings. The number of nitrogens with one attached hydrogen (secondary N) is 2. The number of imidazole rings is 1. The quantitative estimate of drug-likeness (QED) is 0.658. The minimum atomic E-state index is -3.80. The summed E-state index contributed by atoms with van der Waals surface area (Å²) < 4.78 is 27.3. The number of hydrogen-bond acceptors (Lipinski definition) is 4. The molecule has 0 aliphatic heterocycles. The third-order valence-corrected chi connectivity index (χ3v) is 4.93. The predicted octanol–water partition coefficient (Wildman–Crippen LogP) is 2.62.